The number of rotatable bonds is 8. The third kappa shape index (κ3) is 4.71. The molecule has 0 aliphatic rings. The van der Waals surface area contributed by atoms with E-state index in [1.165, 1.54) is 12.1 Å². The fourth-order valence-electron chi connectivity index (χ4n) is 3.22. The van der Waals surface area contributed by atoms with E-state index in [2.05, 4.69) is 25.9 Å². The molecule has 2 rings (SSSR count). The summed E-state index contributed by atoms with van der Waals surface area (Å²) in [4.78, 5) is 14.8. The van der Waals surface area contributed by atoms with Crippen LogP contribution in [0.5, 0.6) is 0 Å². The first-order valence-electron chi connectivity index (χ1n) is 9.45. The fourth-order valence-corrected chi connectivity index (χ4v) is 3.22. The van der Waals surface area contributed by atoms with Gasteiger partial charge in [0, 0.05) is 23.8 Å². The summed E-state index contributed by atoms with van der Waals surface area (Å²) in [5.74, 6) is -0.133. The van der Waals surface area contributed by atoms with Gasteiger partial charge in [-0.15, -0.1) is 0 Å². The molecule has 0 fully saturated rings. The Morgan fingerprint density at radius 1 is 1.19 bits per heavy atom. The van der Waals surface area contributed by atoms with E-state index < -0.39 is 0 Å². The van der Waals surface area contributed by atoms with Crippen LogP contribution in [0.3, 0.4) is 0 Å². The molecular weight excluding hydrogens is 329 g/mol. The Balaban J connectivity index is 2.20. The van der Waals surface area contributed by atoms with Gasteiger partial charge < -0.3 is 4.90 Å². The number of benzene rings is 1. The van der Waals surface area contributed by atoms with E-state index >= 15 is 0 Å². The van der Waals surface area contributed by atoms with Crippen LogP contribution >= 0.6 is 0 Å². The van der Waals surface area contributed by atoms with Crippen molar-refractivity contribution in [1.82, 2.24) is 14.7 Å². The van der Waals surface area contributed by atoms with Crippen molar-refractivity contribution in [2.24, 2.45) is 0 Å². The van der Waals surface area contributed by atoms with Crippen LogP contribution in [0, 0.1) is 19.7 Å². The van der Waals surface area contributed by atoms with Crippen LogP contribution in [0.15, 0.2) is 24.3 Å². The lowest BCUT2D eigenvalue weighted by molar-refractivity contribution is -0.132. The van der Waals surface area contributed by atoms with Crippen LogP contribution in [0.4, 0.5) is 4.39 Å². The number of unbranched alkanes of at least 4 members (excludes halogenated alkanes) is 2. The van der Waals surface area contributed by atoms with Crippen LogP contribution in [-0.2, 0) is 11.2 Å². The van der Waals surface area contributed by atoms with Gasteiger partial charge in [-0.1, -0.05) is 19.8 Å². The van der Waals surface area contributed by atoms with Crippen LogP contribution in [-0.4, -0.2) is 33.2 Å². The highest BCUT2D eigenvalue weighted by atomic mass is 19.1. The zero-order valence-corrected chi connectivity index (χ0v) is 16.6. The lowest BCUT2D eigenvalue weighted by Gasteiger charge is -2.27. The molecule has 0 spiro atoms. The summed E-state index contributed by atoms with van der Waals surface area (Å²) in [6.07, 6.45) is 3.66. The molecule has 2 aromatic rings. The molecule has 1 aromatic carbocycles. The highest BCUT2D eigenvalue weighted by Crippen LogP contribution is 2.20. The summed E-state index contributed by atoms with van der Waals surface area (Å²) in [5, 5.41) is 4.57. The van der Waals surface area contributed by atoms with E-state index in [-0.39, 0.29) is 17.8 Å². The number of nitrogens with zero attached hydrogens (tertiary/aromatic N) is 3. The molecule has 0 bridgehead atoms. The molecule has 0 saturated carbocycles. The van der Waals surface area contributed by atoms with Crippen LogP contribution < -0.4 is 0 Å². The van der Waals surface area contributed by atoms with Crippen molar-refractivity contribution >= 4 is 5.91 Å². The smallest absolute Gasteiger partial charge is 0.227 e. The number of amides is 1. The Hall–Kier alpha value is -2.17. The fraction of sp³-hybridized carbons (Fsp3) is 0.524. The second-order valence-corrected chi connectivity index (χ2v) is 7.10. The van der Waals surface area contributed by atoms with Gasteiger partial charge in [-0.05, 0) is 58.4 Å². The van der Waals surface area contributed by atoms with Crippen LogP contribution in [0.25, 0.3) is 5.69 Å². The van der Waals surface area contributed by atoms with Gasteiger partial charge in [-0.3, -0.25) is 4.79 Å². The highest BCUT2D eigenvalue weighted by Gasteiger charge is 2.21. The highest BCUT2D eigenvalue weighted by molar-refractivity contribution is 5.79. The van der Waals surface area contributed by atoms with E-state index in [9.17, 15) is 9.18 Å². The van der Waals surface area contributed by atoms with E-state index in [0.29, 0.717) is 6.42 Å². The third-order valence-corrected chi connectivity index (χ3v) is 4.79. The molecule has 1 aromatic heterocycles. The quantitative estimate of drug-likeness (QED) is 0.646. The monoisotopic (exact) mass is 359 g/mol. The first-order valence-corrected chi connectivity index (χ1v) is 9.45. The molecule has 0 aliphatic heterocycles. The molecule has 0 radical (unpaired) electrons. The summed E-state index contributed by atoms with van der Waals surface area (Å²) in [5.41, 5.74) is 3.53. The van der Waals surface area contributed by atoms with Crippen molar-refractivity contribution in [3.8, 4) is 5.69 Å². The minimum Gasteiger partial charge on any atom is -0.340 e. The Kier molecular flexibility index (Phi) is 6.95. The largest absolute Gasteiger partial charge is 0.340 e. The molecule has 5 heteroatoms. The Labute approximate surface area is 156 Å². The standard InChI is InChI=1S/C21H30FN3O/c1-6-7-8-13-24(15(2)3)21(26)14-20-16(4)23-25(17(20)5)19-11-9-18(22)10-12-19/h9-12,15H,6-8,13-14H2,1-5H3. The molecule has 1 heterocycles. The molecule has 0 saturated heterocycles. The average Bonchev–Trinajstić information content (AvgIpc) is 2.87. The Morgan fingerprint density at radius 2 is 1.85 bits per heavy atom. The predicted molar refractivity (Wildman–Crippen MR) is 103 cm³/mol. The van der Waals surface area contributed by atoms with E-state index in [1.807, 2.05) is 18.7 Å². The number of aryl methyl sites for hydroxylation is 1. The minimum atomic E-state index is -0.273. The number of carbonyl (C=O) groups is 1. The SMILES string of the molecule is CCCCCN(C(=O)Cc1c(C)nn(-c2ccc(F)cc2)c1C)C(C)C. The van der Waals surface area contributed by atoms with Crippen molar-refractivity contribution in [3.05, 3.63) is 47.0 Å². The van der Waals surface area contributed by atoms with Gasteiger partial charge in [0.25, 0.3) is 0 Å². The van der Waals surface area contributed by atoms with Gasteiger partial charge >= 0.3 is 0 Å². The maximum absolute atomic E-state index is 13.2. The molecular formula is C21H30FN3O. The molecule has 0 aliphatic carbocycles. The van der Waals surface area contributed by atoms with Crippen molar-refractivity contribution in [2.75, 3.05) is 6.54 Å². The topological polar surface area (TPSA) is 38.1 Å². The molecule has 0 unspecified atom stereocenters. The normalized spacial score (nSPS) is 11.2. The van der Waals surface area contributed by atoms with Crippen molar-refractivity contribution < 1.29 is 9.18 Å². The summed E-state index contributed by atoms with van der Waals surface area (Å²) >= 11 is 0. The first kappa shape index (κ1) is 20.1. The number of hydrogen-bond acceptors (Lipinski definition) is 2. The second kappa shape index (κ2) is 8.97. The maximum atomic E-state index is 13.2. The molecule has 0 atom stereocenters. The summed E-state index contributed by atoms with van der Waals surface area (Å²) in [6, 6.07) is 6.43. The third-order valence-electron chi connectivity index (χ3n) is 4.79. The number of carbonyl (C=O) groups excluding carboxylic acids is 1. The minimum absolute atomic E-state index is 0.140. The van der Waals surface area contributed by atoms with Gasteiger partial charge in [0.1, 0.15) is 5.82 Å². The van der Waals surface area contributed by atoms with Gasteiger partial charge in [-0.25, -0.2) is 9.07 Å². The Bertz CT molecular complexity index is 734. The van der Waals surface area contributed by atoms with E-state index in [0.717, 1.165) is 48.4 Å². The zero-order chi connectivity index (χ0) is 19.3. The van der Waals surface area contributed by atoms with Crippen LogP contribution in [0.2, 0.25) is 0 Å². The summed E-state index contributed by atoms with van der Waals surface area (Å²) in [7, 11) is 0. The Morgan fingerprint density at radius 3 is 2.42 bits per heavy atom. The summed E-state index contributed by atoms with van der Waals surface area (Å²) in [6.45, 7) is 11.0. The van der Waals surface area contributed by atoms with Crippen molar-refractivity contribution in [2.45, 2.75) is 66.3 Å². The van der Waals surface area contributed by atoms with Gasteiger partial charge in [0.05, 0.1) is 17.8 Å². The number of halogens is 1. The zero-order valence-electron chi connectivity index (χ0n) is 16.6. The average molecular weight is 359 g/mol. The first-order chi connectivity index (χ1) is 12.3. The number of hydrogen-bond donors (Lipinski definition) is 0. The van der Waals surface area contributed by atoms with Crippen molar-refractivity contribution in [1.29, 1.82) is 0 Å². The molecule has 26 heavy (non-hydrogen) atoms. The van der Waals surface area contributed by atoms with Crippen molar-refractivity contribution in [3.63, 3.8) is 0 Å². The van der Waals surface area contributed by atoms with E-state index in [1.54, 1.807) is 16.8 Å². The van der Waals surface area contributed by atoms with Gasteiger partial charge in [0.15, 0.2) is 0 Å². The molecule has 142 valence electrons. The molecule has 0 N–H and O–H groups in total. The maximum Gasteiger partial charge on any atom is 0.227 e. The van der Waals surface area contributed by atoms with Gasteiger partial charge in [-0.2, -0.15) is 5.10 Å². The lowest BCUT2D eigenvalue weighted by Crippen LogP contribution is -2.38. The molecule has 4 nitrogen and oxygen atoms in total. The predicted octanol–water partition coefficient (Wildman–Crippen LogP) is 4.60. The second-order valence-electron chi connectivity index (χ2n) is 7.10. The van der Waals surface area contributed by atoms with E-state index in [4.69, 9.17) is 0 Å². The molecule has 1 amide bonds. The van der Waals surface area contributed by atoms with Crippen LogP contribution in [0.1, 0.15) is 57.0 Å². The van der Waals surface area contributed by atoms with Gasteiger partial charge in [0.2, 0.25) is 5.91 Å². The summed E-state index contributed by atoms with van der Waals surface area (Å²) < 4.78 is 15.0. The number of aromatic nitrogens is 2. The lowest BCUT2D eigenvalue weighted by atomic mass is 10.1.